The number of aromatic carboxylic acids is 1. The average molecular weight is 318 g/mol. The number of carbonyl (C=O) groups excluding carboxylic acids is 1. The van der Waals surface area contributed by atoms with E-state index in [9.17, 15) is 9.59 Å². The fourth-order valence-electron chi connectivity index (χ4n) is 2.68. The molecule has 0 unspecified atom stereocenters. The summed E-state index contributed by atoms with van der Waals surface area (Å²) in [4.78, 5) is 22.6. The Hall–Kier alpha value is -2.64. The van der Waals surface area contributed by atoms with Crippen LogP contribution in [0.3, 0.4) is 0 Å². The molecule has 2 aromatic rings. The number of carbonyl (C=O) groups is 2. The minimum absolute atomic E-state index is 0.0116. The molecule has 0 radical (unpaired) electrons. The Morgan fingerprint density at radius 3 is 2.83 bits per heavy atom. The van der Waals surface area contributed by atoms with Crippen LogP contribution in [0.2, 0.25) is 0 Å². The lowest BCUT2D eigenvalue weighted by Crippen LogP contribution is -2.26. The van der Waals surface area contributed by atoms with Crippen LogP contribution in [0.15, 0.2) is 16.5 Å². The summed E-state index contributed by atoms with van der Waals surface area (Å²) in [6.07, 6.45) is 4.98. The van der Waals surface area contributed by atoms with Crippen LogP contribution in [0, 0.1) is 0 Å². The van der Waals surface area contributed by atoms with Gasteiger partial charge in [-0.05, 0) is 25.0 Å². The van der Waals surface area contributed by atoms with Crippen LogP contribution in [0.25, 0.3) is 0 Å². The van der Waals surface area contributed by atoms with Gasteiger partial charge < -0.3 is 19.4 Å². The summed E-state index contributed by atoms with van der Waals surface area (Å²) in [5.74, 6) is -0.0162. The van der Waals surface area contributed by atoms with E-state index in [2.05, 4.69) is 20.1 Å². The van der Waals surface area contributed by atoms with E-state index in [4.69, 9.17) is 9.52 Å². The van der Waals surface area contributed by atoms with Crippen molar-refractivity contribution in [1.82, 2.24) is 20.1 Å². The molecule has 8 heteroatoms. The molecule has 2 aromatic heterocycles. The number of aromatic nitrogens is 3. The molecule has 0 saturated heterocycles. The maximum absolute atomic E-state index is 11.9. The SMILES string of the molecule is O=C(O)c1ccc(C(=O)NCCc2nnc3n2CCCCC3)o1. The minimum atomic E-state index is -1.20. The van der Waals surface area contributed by atoms with Crippen molar-refractivity contribution in [2.24, 2.45) is 0 Å². The van der Waals surface area contributed by atoms with Crippen molar-refractivity contribution in [3.8, 4) is 0 Å². The quantitative estimate of drug-likeness (QED) is 0.859. The molecular formula is C15H18N4O4. The summed E-state index contributed by atoms with van der Waals surface area (Å²) >= 11 is 0. The van der Waals surface area contributed by atoms with Gasteiger partial charge in [-0.15, -0.1) is 10.2 Å². The standard InChI is InChI=1S/C15H18N4O4/c20-14(10-5-6-11(23-10)15(21)22)16-8-7-13-18-17-12-4-2-1-3-9-19(12)13/h5-6H,1-4,7-9H2,(H,16,20)(H,21,22). The molecule has 0 saturated carbocycles. The van der Waals surface area contributed by atoms with E-state index < -0.39 is 11.9 Å². The van der Waals surface area contributed by atoms with Crippen LogP contribution >= 0.6 is 0 Å². The van der Waals surface area contributed by atoms with Gasteiger partial charge in [-0.3, -0.25) is 4.79 Å². The molecule has 1 aliphatic heterocycles. The molecule has 0 aromatic carbocycles. The number of fused-ring (bicyclic) bond motifs is 1. The number of carboxylic acid groups (broad SMARTS) is 1. The molecule has 2 N–H and O–H groups in total. The summed E-state index contributed by atoms with van der Waals surface area (Å²) in [6, 6.07) is 2.61. The molecule has 1 amide bonds. The summed E-state index contributed by atoms with van der Waals surface area (Å²) in [5, 5.41) is 19.9. The highest BCUT2D eigenvalue weighted by Gasteiger charge is 2.16. The predicted molar refractivity (Wildman–Crippen MR) is 79.3 cm³/mol. The number of hydrogen-bond donors (Lipinski definition) is 2. The third kappa shape index (κ3) is 3.41. The Morgan fingerprint density at radius 1 is 1.22 bits per heavy atom. The van der Waals surface area contributed by atoms with Crippen LogP contribution < -0.4 is 5.32 Å². The second kappa shape index (κ2) is 6.64. The van der Waals surface area contributed by atoms with E-state index in [1.807, 2.05) is 0 Å². The number of nitrogens with one attached hydrogen (secondary N) is 1. The number of hydrogen-bond acceptors (Lipinski definition) is 5. The molecular weight excluding hydrogens is 300 g/mol. The number of carboxylic acids is 1. The van der Waals surface area contributed by atoms with E-state index in [1.165, 1.54) is 18.6 Å². The summed E-state index contributed by atoms with van der Waals surface area (Å²) in [5.41, 5.74) is 0. The van der Waals surface area contributed by atoms with Crippen molar-refractivity contribution in [2.75, 3.05) is 6.54 Å². The van der Waals surface area contributed by atoms with Gasteiger partial charge in [-0.25, -0.2) is 4.79 Å². The van der Waals surface area contributed by atoms with Gasteiger partial charge in [0.2, 0.25) is 5.76 Å². The maximum Gasteiger partial charge on any atom is 0.371 e. The second-order valence-electron chi connectivity index (χ2n) is 5.47. The van der Waals surface area contributed by atoms with Gasteiger partial charge >= 0.3 is 5.97 Å². The first-order valence-corrected chi connectivity index (χ1v) is 7.67. The minimum Gasteiger partial charge on any atom is -0.475 e. The first-order valence-electron chi connectivity index (χ1n) is 7.67. The normalized spacial score (nSPS) is 14.1. The summed E-state index contributed by atoms with van der Waals surface area (Å²) in [7, 11) is 0. The predicted octanol–water partition coefficient (Wildman–Crippen LogP) is 1.27. The zero-order valence-corrected chi connectivity index (χ0v) is 12.6. The van der Waals surface area contributed by atoms with E-state index in [1.54, 1.807) is 0 Å². The smallest absolute Gasteiger partial charge is 0.371 e. The Bertz CT molecular complexity index is 719. The topological polar surface area (TPSA) is 110 Å². The van der Waals surface area contributed by atoms with Gasteiger partial charge in [0.1, 0.15) is 11.6 Å². The van der Waals surface area contributed by atoms with E-state index in [0.717, 1.165) is 37.5 Å². The lowest BCUT2D eigenvalue weighted by Gasteiger charge is -2.07. The van der Waals surface area contributed by atoms with E-state index in [0.29, 0.717) is 13.0 Å². The lowest BCUT2D eigenvalue weighted by atomic mass is 10.2. The fraction of sp³-hybridized carbons (Fsp3) is 0.467. The van der Waals surface area contributed by atoms with Gasteiger partial charge in [0.15, 0.2) is 5.76 Å². The second-order valence-corrected chi connectivity index (χ2v) is 5.47. The molecule has 0 bridgehead atoms. The summed E-state index contributed by atoms with van der Waals surface area (Å²) < 4.78 is 7.09. The lowest BCUT2D eigenvalue weighted by molar-refractivity contribution is 0.0659. The third-order valence-corrected chi connectivity index (χ3v) is 3.86. The van der Waals surface area contributed by atoms with Crippen molar-refractivity contribution < 1.29 is 19.1 Å². The number of rotatable bonds is 5. The van der Waals surface area contributed by atoms with Gasteiger partial charge in [0, 0.05) is 25.9 Å². The van der Waals surface area contributed by atoms with Crippen molar-refractivity contribution in [3.63, 3.8) is 0 Å². The molecule has 0 aliphatic carbocycles. The highest BCUT2D eigenvalue weighted by Crippen LogP contribution is 2.14. The molecule has 3 rings (SSSR count). The highest BCUT2D eigenvalue weighted by molar-refractivity contribution is 5.93. The Labute approximate surface area is 132 Å². The largest absolute Gasteiger partial charge is 0.475 e. The zero-order chi connectivity index (χ0) is 16.2. The zero-order valence-electron chi connectivity index (χ0n) is 12.6. The Morgan fingerprint density at radius 2 is 2.04 bits per heavy atom. The molecule has 0 fully saturated rings. The molecule has 1 aliphatic rings. The van der Waals surface area contributed by atoms with Crippen LogP contribution in [0.5, 0.6) is 0 Å². The molecule has 8 nitrogen and oxygen atoms in total. The molecule has 122 valence electrons. The third-order valence-electron chi connectivity index (χ3n) is 3.86. The maximum atomic E-state index is 11.9. The van der Waals surface area contributed by atoms with Crippen molar-refractivity contribution in [1.29, 1.82) is 0 Å². The van der Waals surface area contributed by atoms with Crippen LogP contribution in [-0.2, 0) is 19.4 Å². The number of furan rings is 1. The molecule has 0 atom stereocenters. The van der Waals surface area contributed by atoms with E-state index in [-0.39, 0.29) is 11.5 Å². The summed E-state index contributed by atoms with van der Waals surface area (Å²) in [6.45, 7) is 1.31. The Balaban J connectivity index is 1.56. The average Bonchev–Trinajstić information content (AvgIpc) is 3.10. The van der Waals surface area contributed by atoms with E-state index >= 15 is 0 Å². The number of aryl methyl sites for hydroxylation is 1. The Kier molecular flexibility index (Phi) is 4.40. The number of amides is 1. The van der Waals surface area contributed by atoms with Crippen molar-refractivity contribution in [2.45, 2.75) is 38.6 Å². The van der Waals surface area contributed by atoms with Gasteiger partial charge in [-0.1, -0.05) is 6.42 Å². The molecule has 0 spiro atoms. The highest BCUT2D eigenvalue weighted by atomic mass is 16.4. The monoisotopic (exact) mass is 318 g/mol. The fourth-order valence-corrected chi connectivity index (χ4v) is 2.68. The molecule has 23 heavy (non-hydrogen) atoms. The van der Waals surface area contributed by atoms with Crippen molar-refractivity contribution >= 4 is 11.9 Å². The van der Waals surface area contributed by atoms with Crippen LogP contribution in [0.4, 0.5) is 0 Å². The first kappa shape index (κ1) is 15.3. The van der Waals surface area contributed by atoms with Gasteiger partial charge in [-0.2, -0.15) is 0 Å². The van der Waals surface area contributed by atoms with Crippen LogP contribution in [0.1, 0.15) is 52.0 Å². The van der Waals surface area contributed by atoms with Gasteiger partial charge in [0.05, 0.1) is 0 Å². The first-order chi connectivity index (χ1) is 11.1. The number of nitrogens with zero attached hydrogens (tertiary/aromatic N) is 3. The van der Waals surface area contributed by atoms with Gasteiger partial charge in [0.25, 0.3) is 5.91 Å². The van der Waals surface area contributed by atoms with Crippen LogP contribution in [-0.4, -0.2) is 38.3 Å². The molecule has 3 heterocycles. The van der Waals surface area contributed by atoms with Crippen molar-refractivity contribution in [3.05, 3.63) is 35.3 Å².